The standard InChI is InChI=1S/C14H18N2O2S2/c1-3-16(19-4-2)15-20(17,18)14-11-7-9-12-8-5-6-10-13(12)14/h5-11,15H,3-4H2,1-2H3. The summed E-state index contributed by atoms with van der Waals surface area (Å²) < 4.78 is 26.7. The molecule has 0 saturated carbocycles. The Morgan fingerprint density at radius 2 is 1.80 bits per heavy atom. The fraction of sp³-hybridized carbons (Fsp3) is 0.286. The Bertz CT molecular complexity index is 681. The second kappa shape index (κ2) is 6.58. The molecule has 0 aliphatic rings. The maximum Gasteiger partial charge on any atom is 0.254 e. The van der Waals surface area contributed by atoms with Crippen molar-refractivity contribution in [2.45, 2.75) is 18.7 Å². The van der Waals surface area contributed by atoms with Crippen molar-refractivity contribution >= 4 is 32.7 Å². The molecule has 0 unspecified atom stereocenters. The maximum atomic E-state index is 12.5. The van der Waals surface area contributed by atoms with Gasteiger partial charge < -0.3 is 0 Å². The number of hydrazine groups is 1. The van der Waals surface area contributed by atoms with Gasteiger partial charge in [-0.2, -0.15) is 4.41 Å². The number of fused-ring (bicyclic) bond motifs is 1. The van der Waals surface area contributed by atoms with Crippen molar-refractivity contribution in [3.63, 3.8) is 0 Å². The minimum atomic E-state index is -3.57. The number of rotatable bonds is 6. The first kappa shape index (κ1) is 15.3. The predicted molar refractivity (Wildman–Crippen MR) is 84.8 cm³/mol. The average molecular weight is 310 g/mol. The van der Waals surface area contributed by atoms with E-state index in [1.807, 2.05) is 44.2 Å². The van der Waals surface area contributed by atoms with Crippen LogP contribution in [-0.2, 0) is 10.0 Å². The fourth-order valence-corrected chi connectivity index (χ4v) is 4.18. The van der Waals surface area contributed by atoms with Gasteiger partial charge in [0.1, 0.15) is 0 Å². The molecular formula is C14H18N2O2S2. The molecule has 1 N–H and O–H groups in total. The second-order valence-corrected chi connectivity index (χ2v) is 7.09. The molecule has 2 aromatic rings. The molecule has 0 amide bonds. The van der Waals surface area contributed by atoms with E-state index in [0.717, 1.165) is 16.5 Å². The zero-order valence-corrected chi connectivity index (χ0v) is 13.2. The van der Waals surface area contributed by atoms with Crippen molar-refractivity contribution in [1.29, 1.82) is 0 Å². The van der Waals surface area contributed by atoms with Crippen LogP contribution in [0.15, 0.2) is 47.4 Å². The second-order valence-electron chi connectivity index (χ2n) is 4.18. The fourth-order valence-electron chi connectivity index (χ4n) is 1.95. The first-order valence-corrected chi connectivity index (χ1v) is 8.91. The molecule has 4 nitrogen and oxygen atoms in total. The highest BCUT2D eigenvalue weighted by Gasteiger charge is 2.19. The van der Waals surface area contributed by atoms with E-state index >= 15 is 0 Å². The third kappa shape index (κ3) is 3.32. The van der Waals surface area contributed by atoms with E-state index < -0.39 is 10.0 Å². The molecule has 0 bridgehead atoms. The van der Waals surface area contributed by atoms with E-state index in [4.69, 9.17) is 0 Å². The molecule has 2 aromatic carbocycles. The zero-order chi connectivity index (χ0) is 14.6. The van der Waals surface area contributed by atoms with Crippen LogP contribution in [0.2, 0.25) is 0 Å². The number of nitrogens with one attached hydrogen (secondary N) is 1. The van der Waals surface area contributed by atoms with Gasteiger partial charge in [-0.3, -0.25) is 0 Å². The van der Waals surface area contributed by atoms with Gasteiger partial charge in [0.05, 0.1) is 4.90 Å². The lowest BCUT2D eigenvalue weighted by Crippen LogP contribution is -2.37. The smallest absolute Gasteiger partial charge is 0.206 e. The SMILES string of the molecule is CCSN(CC)NS(=O)(=O)c1cccc2ccccc12. The minimum absolute atomic E-state index is 0.311. The average Bonchev–Trinajstić information content (AvgIpc) is 2.46. The Kier molecular flexibility index (Phi) is 5.04. The summed E-state index contributed by atoms with van der Waals surface area (Å²) >= 11 is 1.45. The number of hydrogen-bond acceptors (Lipinski definition) is 4. The van der Waals surface area contributed by atoms with Gasteiger partial charge in [-0.05, 0) is 11.5 Å². The molecule has 0 radical (unpaired) electrons. The zero-order valence-electron chi connectivity index (χ0n) is 11.5. The van der Waals surface area contributed by atoms with Crippen LogP contribution in [0.4, 0.5) is 0 Å². The van der Waals surface area contributed by atoms with Gasteiger partial charge >= 0.3 is 0 Å². The van der Waals surface area contributed by atoms with Crippen LogP contribution in [0, 0.1) is 0 Å². The molecule has 0 spiro atoms. The topological polar surface area (TPSA) is 49.4 Å². The van der Waals surface area contributed by atoms with Gasteiger partial charge in [0.2, 0.25) is 0 Å². The van der Waals surface area contributed by atoms with Crippen molar-refractivity contribution in [2.75, 3.05) is 12.3 Å². The van der Waals surface area contributed by atoms with Crippen LogP contribution in [0.3, 0.4) is 0 Å². The normalized spacial score (nSPS) is 12.2. The van der Waals surface area contributed by atoms with Gasteiger partial charge in [-0.15, -0.1) is 4.83 Å². The van der Waals surface area contributed by atoms with Gasteiger partial charge in [0, 0.05) is 17.7 Å². The summed E-state index contributed by atoms with van der Waals surface area (Å²) in [5.41, 5.74) is 0. The number of sulfonamides is 1. The molecule has 0 saturated heterocycles. The maximum absolute atomic E-state index is 12.5. The van der Waals surface area contributed by atoms with E-state index in [-0.39, 0.29) is 0 Å². The Morgan fingerprint density at radius 3 is 2.50 bits per heavy atom. The van der Waals surface area contributed by atoms with Crippen LogP contribution in [0.5, 0.6) is 0 Å². The largest absolute Gasteiger partial charge is 0.254 e. The summed E-state index contributed by atoms with van der Waals surface area (Å²) in [4.78, 5) is 2.93. The van der Waals surface area contributed by atoms with E-state index in [1.54, 1.807) is 16.5 Å². The molecule has 2 rings (SSSR count). The summed E-state index contributed by atoms with van der Waals surface area (Å²) in [7, 11) is -3.57. The lowest BCUT2D eigenvalue weighted by Gasteiger charge is -2.19. The quantitative estimate of drug-likeness (QED) is 0.658. The summed E-state index contributed by atoms with van der Waals surface area (Å²) in [6, 6.07) is 12.8. The molecule has 0 heterocycles. The highest BCUT2D eigenvalue weighted by Crippen LogP contribution is 2.23. The highest BCUT2D eigenvalue weighted by atomic mass is 32.2. The molecule has 0 aliphatic heterocycles. The first-order valence-electron chi connectivity index (χ1n) is 6.49. The third-order valence-corrected chi connectivity index (χ3v) is 5.26. The molecule has 0 aliphatic carbocycles. The highest BCUT2D eigenvalue weighted by molar-refractivity contribution is 7.97. The van der Waals surface area contributed by atoms with Crippen molar-refractivity contribution in [3.05, 3.63) is 42.5 Å². The molecular weight excluding hydrogens is 292 g/mol. The van der Waals surface area contributed by atoms with Crippen molar-refractivity contribution in [3.8, 4) is 0 Å². The molecule has 0 aromatic heterocycles. The van der Waals surface area contributed by atoms with Crippen molar-refractivity contribution in [2.24, 2.45) is 0 Å². The van der Waals surface area contributed by atoms with E-state index in [2.05, 4.69) is 4.83 Å². The Hall–Kier alpha value is -1.08. The van der Waals surface area contributed by atoms with Crippen LogP contribution >= 0.6 is 11.9 Å². The van der Waals surface area contributed by atoms with Gasteiger partial charge in [-0.25, -0.2) is 8.42 Å². The van der Waals surface area contributed by atoms with Crippen LogP contribution in [0.25, 0.3) is 10.8 Å². The van der Waals surface area contributed by atoms with Crippen molar-refractivity contribution < 1.29 is 8.42 Å². The number of nitrogens with zero attached hydrogens (tertiary/aromatic N) is 1. The summed E-state index contributed by atoms with van der Waals surface area (Å²) in [6.45, 7) is 4.50. The molecule has 20 heavy (non-hydrogen) atoms. The number of benzene rings is 2. The predicted octanol–water partition coefficient (Wildman–Crippen LogP) is 3.02. The number of hydrogen-bond donors (Lipinski definition) is 1. The van der Waals surface area contributed by atoms with Gasteiger partial charge in [-0.1, -0.05) is 62.2 Å². The first-order chi connectivity index (χ1) is 9.58. The summed E-state index contributed by atoms with van der Waals surface area (Å²) in [6.07, 6.45) is 0. The monoisotopic (exact) mass is 310 g/mol. The summed E-state index contributed by atoms with van der Waals surface area (Å²) in [5, 5.41) is 1.65. The Morgan fingerprint density at radius 1 is 1.10 bits per heavy atom. The van der Waals surface area contributed by atoms with Gasteiger partial charge in [0.15, 0.2) is 0 Å². The van der Waals surface area contributed by atoms with Crippen molar-refractivity contribution in [1.82, 2.24) is 9.25 Å². The van der Waals surface area contributed by atoms with Crippen LogP contribution in [-0.4, -0.2) is 25.1 Å². The molecule has 108 valence electrons. The third-order valence-electron chi connectivity index (χ3n) is 2.83. The lowest BCUT2D eigenvalue weighted by atomic mass is 10.1. The van der Waals surface area contributed by atoms with E-state index in [1.165, 1.54) is 11.9 Å². The van der Waals surface area contributed by atoms with Gasteiger partial charge in [0.25, 0.3) is 10.0 Å². The van der Waals surface area contributed by atoms with E-state index in [0.29, 0.717) is 11.4 Å². The molecule has 0 atom stereocenters. The lowest BCUT2D eigenvalue weighted by molar-refractivity contribution is 0.443. The molecule has 6 heteroatoms. The minimum Gasteiger partial charge on any atom is -0.206 e. The summed E-state index contributed by atoms with van der Waals surface area (Å²) in [5.74, 6) is 0.811. The van der Waals surface area contributed by atoms with Crippen LogP contribution < -0.4 is 4.83 Å². The van der Waals surface area contributed by atoms with E-state index in [9.17, 15) is 8.42 Å². The Balaban J connectivity index is 2.41. The van der Waals surface area contributed by atoms with Crippen LogP contribution in [0.1, 0.15) is 13.8 Å². The Labute approximate surface area is 124 Å². The molecule has 0 fully saturated rings.